The fraction of sp³-hybridized carbons (Fsp3) is 0.143. The number of nitrogens with zero attached hydrogens (tertiary/aromatic N) is 3. The molecule has 0 saturated heterocycles. The largest absolute Gasteiger partial charge is 0.497 e. The second-order valence-corrected chi connectivity index (χ2v) is 7.25. The van der Waals surface area contributed by atoms with Crippen LogP contribution in [0.15, 0.2) is 53.9 Å². The van der Waals surface area contributed by atoms with E-state index in [4.69, 9.17) is 9.47 Å². The Morgan fingerprint density at radius 3 is 2.32 bits per heavy atom. The van der Waals surface area contributed by atoms with Crippen LogP contribution in [0.2, 0.25) is 0 Å². The van der Waals surface area contributed by atoms with Gasteiger partial charge < -0.3 is 9.47 Å². The van der Waals surface area contributed by atoms with Gasteiger partial charge in [0.25, 0.3) is 0 Å². The average molecular weight is 449 g/mol. The standard InChI is InChI=1S/C21H15F4N3O2S/c1-29-14-7-8-15(18(9-14)30-2)16-10-19(21(23,24)25)28(27-16)20-26-17(11-31-20)12-3-5-13(22)6-4-12/h3-11H,1-2H3. The molecule has 2 heterocycles. The Labute approximate surface area is 178 Å². The van der Waals surface area contributed by atoms with Crippen LogP contribution in [-0.4, -0.2) is 29.0 Å². The summed E-state index contributed by atoms with van der Waals surface area (Å²) in [5, 5.41) is 5.79. The highest BCUT2D eigenvalue weighted by Gasteiger charge is 2.37. The minimum atomic E-state index is -4.66. The van der Waals surface area contributed by atoms with E-state index in [0.29, 0.717) is 28.3 Å². The Hall–Kier alpha value is -3.40. The normalized spacial score (nSPS) is 11.5. The van der Waals surface area contributed by atoms with E-state index in [0.717, 1.165) is 22.1 Å². The summed E-state index contributed by atoms with van der Waals surface area (Å²) in [6.07, 6.45) is -4.66. The maximum Gasteiger partial charge on any atom is 0.433 e. The molecule has 10 heteroatoms. The molecule has 4 rings (SSSR count). The van der Waals surface area contributed by atoms with Crippen molar-refractivity contribution in [1.29, 1.82) is 0 Å². The number of benzene rings is 2. The second kappa shape index (κ2) is 8.03. The van der Waals surface area contributed by atoms with Crippen molar-refractivity contribution in [2.24, 2.45) is 0 Å². The highest BCUT2D eigenvalue weighted by Crippen LogP contribution is 2.38. The van der Waals surface area contributed by atoms with E-state index >= 15 is 0 Å². The molecule has 0 saturated carbocycles. The van der Waals surface area contributed by atoms with Crippen LogP contribution in [0, 0.1) is 5.82 Å². The number of ether oxygens (including phenoxy) is 2. The van der Waals surface area contributed by atoms with Gasteiger partial charge in [-0.1, -0.05) is 0 Å². The first-order valence-electron chi connectivity index (χ1n) is 8.91. The molecule has 0 atom stereocenters. The highest BCUT2D eigenvalue weighted by atomic mass is 32.1. The van der Waals surface area contributed by atoms with E-state index in [1.54, 1.807) is 23.6 Å². The van der Waals surface area contributed by atoms with Gasteiger partial charge in [0.05, 0.1) is 25.6 Å². The van der Waals surface area contributed by atoms with Crippen molar-refractivity contribution in [2.45, 2.75) is 6.18 Å². The van der Waals surface area contributed by atoms with Crippen molar-refractivity contribution in [3.8, 4) is 39.1 Å². The Kier molecular flexibility index (Phi) is 5.40. The van der Waals surface area contributed by atoms with Gasteiger partial charge in [-0.15, -0.1) is 11.3 Å². The number of halogens is 4. The zero-order valence-electron chi connectivity index (χ0n) is 16.3. The van der Waals surface area contributed by atoms with Crippen LogP contribution < -0.4 is 9.47 Å². The number of hydrogen-bond acceptors (Lipinski definition) is 5. The van der Waals surface area contributed by atoms with E-state index < -0.39 is 17.7 Å². The maximum atomic E-state index is 13.8. The first-order valence-corrected chi connectivity index (χ1v) is 9.79. The van der Waals surface area contributed by atoms with Crippen molar-refractivity contribution >= 4 is 11.3 Å². The smallest absolute Gasteiger partial charge is 0.433 e. The van der Waals surface area contributed by atoms with Crippen molar-refractivity contribution in [1.82, 2.24) is 14.8 Å². The molecule has 0 unspecified atom stereocenters. The monoisotopic (exact) mass is 449 g/mol. The Morgan fingerprint density at radius 2 is 1.68 bits per heavy atom. The number of rotatable bonds is 5. The van der Waals surface area contributed by atoms with E-state index in [-0.39, 0.29) is 10.8 Å². The molecule has 0 bridgehead atoms. The van der Waals surface area contributed by atoms with Gasteiger partial charge in [0.15, 0.2) is 5.69 Å². The van der Waals surface area contributed by atoms with Crippen molar-refractivity contribution in [3.63, 3.8) is 0 Å². The molecule has 2 aromatic carbocycles. The molecule has 160 valence electrons. The molecule has 0 N–H and O–H groups in total. The van der Waals surface area contributed by atoms with Gasteiger partial charge in [0.1, 0.15) is 17.3 Å². The maximum absolute atomic E-state index is 13.8. The third kappa shape index (κ3) is 4.11. The second-order valence-electron chi connectivity index (χ2n) is 6.41. The first kappa shape index (κ1) is 20.9. The zero-order valence-corrected chi connectivity index (χ0v) is 17.1. The minimum absolute atomic E-state index is 0.0328. The third-order valence-corrected chi connectivity index (χ3v) is 5.31. The zero-order chi connectivity index (χ0) is 22.2. The third-order valence-electron chi connectivity index (χ3n) is 4.50. The lowest BCUT2D eigenvalue weighted by Gasteiger charge is -2.08. The molecule has 2 aromatic heterocycles. The van der Waals surface area contributed by atoms with Crippen LogP contribution in [0.3, 0.4) is 0 Å². The molecular formula is C21H15F4N3O2S. The lowest BCUT2D eigenvalue weighted by atomic mass is 10.1. The van der Waals surface area contributed by atoms with Crippen LogP contribution >= 0.6 is 11.3 Å². The molecule has 5 nitrogen and oxygen atoms in total. The molecule has 0 aliphatic rings. The summed E-state index contributed by atoms with van der Waals surface area (Å²) in [6, 6.07) is 11.2. The van der Waals surface area contributed by atoms with Crippen molar-refractivity contribution in [3.05, 3.63) is 65.4 Å². The average Bonchev–Trinajstić information content (AvgIpc) is 3.41. The lowest BCUT2D eigenvalue weighted by molar-refractivity contribution is -0.142. The predicted molar refractivity (Wildman–Crippen MR) is 108 cm³/mol. The van der Waals surface area contributed by atoms with Crippen LogP contribution in [-0.2, 0) is 6.18 Å². The molecule has 0 aliphatic carbocycles. The molecule has 4 aromatic rings. The van der Waals surface area contributed by atoms with E-state index in [1.165, 1.54) is 38.5 Å². The molecule has 0 radical (unpaired) electrons. The number of aromatic nitrogens is 3. The summed E-state index contributed by atoms with van der Waals surface area (Å²) < 4.78 is 65.6. The van der Waals surface area contributed by atoms with Crippen molar-refractivity contribution in [2.75, 3.05) is 14.2 Å². The Bertz CT molecular complexity index is 1220. The Balaban J connectivity index is 1.81. The summed E-state index contributed by atoms with van der Waals surface area (Å²) in [4.78, 5) is 4.28. The van der Waals surface area contributed by atoms with Gasteiger partial charge in [0, 0.05) is 22.6 Å². The number of methoxy groups -OCH3 is 2. The van der Waals surface area contributed by atoms with Crippen LogP contribution in [0.5, 0.6) is 11.5 Å². The molecule has 0 amide bonds. The molecule has 31 heavy (non-hydrogen) atoms. The summed E-state index contributed by atoms with van der Waals surface area (Å²) in [5.74, 6) is 0.410. The Morgan fingerprint density at radius 1 is 0.935 bits per heavy atom. The topological polar surface area (TPSA) is 49.2 Å². The molecule has 0 fully saturated rings. The van der Waals surface area contributed by atoms with Gasteiger partial charge in [0.2, 0.25) is 5.13 Å². The van der Waals surface area contributed by atoms with Crippen LogP contribution in [0.25, 0.3) is 27.6 Å². The van der Waals surface area contributed by atoms with E-state index in [2.05, 4.69) is 10.1 Å². The summed E-state index contributed by atoms with van der Waals surface area (Å²) in [6.45, 7) is 0. The predicted octanol–water partition coefficient (Wildman–Crippen LogP) is 5.84. The van der Waals surface area contributed by atoms with Crippen LogP contribution in [0.4, 0.5) is 17.6 Å². The van der Waals surface area contributed by atoms with Gasteiger partial charge >= 0.3 is 6.18 Å². The fourth-order valence-electron chi connectivity index (χ4n) is 2.99. The molecule has 0 aliphatic heterocycles. The summed E-state index contributed by atoms with van der Waals surface area (Å²) in [7, 11) is 2.89. The first-order chi connectivity index (χ1) is 14.8. The van der Waals surface area contributed by atoms with Gasteiger partial charge in [-0.3, -0.25) is 0 Å². The summed E-state index contributed by atoms with van der Waals surface area (Å²) >= 11 is 1.00. The summed E-state index contributed by atoms with van der Waals surface area (Å²) in [5.41, 5.74) is 0.488. The van der Waals surface area contributed by atoms with Crippen molar-refractivity contribution < 1.29 is 27.0 Å². The highest BCUT2D eigenvalue weighted by molar-refractivity contribution is 7.12. The van der Waals surface area contributed by atoms with Gasteiger partial charge in [-0.05, 0) is 42.5 Å². The quantitative estimate of drug-likeness (QED) is 0.359. The van der Waals surface area contributed by atoms with Gasteiger partial charge in [-0.2, -0.15) is 18.3 Å². The van der Waals surface area contributed by atoms with E-state index in [9.17, 15) is 17.6 Å². The fourth-order valence-corrected chi connectivity index (χ4v) is 3.78. The number of hydrogen-bond donors (Lipinski definition) is 0. The lowest BCUT2D eigenvalue weighted by Crippen LogP contribution is -2.13. The molecular weight excluding hydrogens is 434 g/mol. The number of thiazole rings is 1. The van der Waals surface area contributed by atoms with Gasteiger partial charge in [-0.25, -0.2) is 14.1 Å². The SMILES string of the molecule is COc1ccc(-c2cc(C(F)(F)F)n(-c3nc(-c4ccc(F)cc4)cs3)n2)c(OC)c1. The minimum Gasteiger partial charge on any atom is -0.497 e. The van der Waals surface area contributed by atoms with Crippen LogP contribution in [0.1, 0.15) is 5.69 Å². The molecule has 0 spiro atoms. The van der Waals surface area contributed by atoms with E-state index in [1.807, 2.05) is 0 Å². The number of alkyl halides is 3.